The second-order valence-electron chi connectivity index (χ2n) is 8.71. The first-order valence-corrected chi connectivity index (χ1v) is 11.6. The van der Waals surface area contributed by atoms with Crippen LogP contribution in [0.3, 0.4) is 0 Å². The quantitative estimate of drug-likeness (QED) is 0.553. The number of carbonyl (C=O) groups is 2. The van der Waals surface area contributed by atoms with Crippen LogP contribution in [0.2, 0.25) is 0 Å². The highest BCUT2D eigenvalue weighted by Gasteiger charge is 2.33. The number of thiazole rings is 1. The number of anilines is 1. The molecule has 1 fully saturated rings. The zero-order chi connectivity index (χ0) is 23.0. The predicted octanol–water partition coefficient (Wildman–Crippen LogP) is 3.68. The van der Waals surface area contributed by atoms with Gasteiger partial charge in [0.25, 0.3) is 0 Å². The molecule has 0 bridgehead atoms. The predicted molar refractivity (Wildman–Crippen MR) is 124 cm³/mol. The largest absolute Gasteiger partial charge is 0.477 e. The Morgan fingerprint density at radius 3 is 2.69 bits per heavy atom. The summed E-state index contributed by atoms with van der Waals surface area (Å²) >= 11 is 1.33. The first-order chi connectivity index (χ1) is 15.3. The Balaban J connectivity index is 1.65. The molecule has 1 saturated heterocycles. The van der Waals surface area contributed by atoms with Crippen LogP contribution in [-0.2, 0) is 4.79 Å². The Morgan fingerprint density at radius 1 is 1.31 bits per heavy atom. The topological polar surface area (TPSA) is 105 Å². The van der Waals surface area contributed by atoms with E-state index >= 15 is 0 Å². The summed E-state index contributed by atoms with van der Waals surface area (Å²) in [6.45, 7) is 7.31. The molecule has 0 aromatic carbocycles. The van der Waals surface area contributed by atoms with Gasteiger partial charge >= 0.3 is 5.97 Å². The average Bonchev–Trinajstić information content (AvgIpc) is 3.20. The van der Waals surface area contributed by atoms with Gasteiger partial charge in [0.05, 0.1) is 11.3 Å². The van der Waals surface area contributed by atoms with Crippen LogP contribution >= 0.6 is 11.3 Å². The van der Waals surface area contributed by atoms with Crippen molar-refractivity contribution in [3.05, 3.63) is 45.2 Å². The fourth-order valence-electron chi connectivity index (χ4n) is 4.03. The summed E-state index contributed by atoms with van der Waals surface area (Å²) in [7, 11) is 0. The Bertz CT molecular complexity index is 1230. The number of rotatable bonds is 8. The number of aryl methyl sites for hydroxylation is 1. The number of Topliss-reactive ketones (excluding diaryl/α,β-unsaturated/α-hetero) is 1. The molecule has 1 N–H and O–H groups in total. The van der Waals surface area contributed by atoms with Gasteiger partial charge in [0.15, 0.2) is 10.8 Å². The number of carbonyl (C=O) groups excluding carboxylic acids is 1. The maximum atomic E-state index is 12.9. The third kappa shape index (κ3) is 4.17. The normalized spacial score (nSPS) is 14.2. The molecule has 9 heteroatoms. The number of hydrogen-bond acceptors (Lipinski definition) is 7. The fourth-order valence-corrected chi connectivity index (χ4v) is 4.65. The zero-order valence-corrected chi connectivity index (χ0v) is 19.2. The van der Waals surface area contributed by atoms with Crippen molar-refractivity contribution in [1.82, 2.24) is 14.5 Å². The summed E-state index contributed by atoms with van der Waals surface area (Å²) in [4.78, 5) is 48.0. The zero-order valence-electron chi connectivity index (χ0n) is 18.4. The second-order valence-corrected chi connectivity index (χ2v) is 9.59. The lowest BCUT2D eigenvalue weighted by molar-refractivity contribution is -0.123. The van der Waals surface area contributed by atoms with Crippen LogP contribution < -0.4 is 10.3 Å². The van der Waals surface area contributed by atoms with E-state index in [4.69, 9.17) is 4.98 Å². The van der Waals surface area contributed by atoms with Crippen molar-refractivity contribution in [2.75, 3.05) is 18.0 Å². The first-order valence-electron chi connectivity index (χ1n) is 10.7. The summed E-state index contributed by atoms with van der Waals surface area (Å²) in [5, 5.41) is 12.1. The molecule has 0 radical (unpaired) electrons. The molecule has 1 aliphatic rings. The molecule has 4 rings (SSSR count). The van der Waals surface area contributed by atoms with Crippen LogP contribution in [0, 0.1) is 18.8 Å². The summed E-state index contributed by atoms with van der Waals surface area (Å²) in [6.07, 6.45) is 5.50. The number of fused-ring (bicyclic) bond motifs is 1. The van der Waals surface area contributed by atoms with Crippen molar-refractivity contribution in [1.29, 1.82) is 0 Å². The van der Waals surface area contributed by atoms with E-state index in [1.54, 1.807) is 29.1 Å². The fraction of sp³-hybridized carbons (Fsp3) is 0.435. The van der Waals surface area contributed by atoms with E-state index in [1.165, 1.54) is 17.5 Å². The maximum absolute atomic E-state index is 12.9. The number of ketones is 1. The number of aromatic carboxylic acids is 1. The molecule has 3 aromatic heterocycles. The van der Waals surface area contributed by atoms with Gasteiger partial charge < -0.3 is 10.0 Å². The Labute approximate surface area is 189 Å². The smallest absolute Gasteiger partial charge is 0.341 e. The van der Waals surface area contributed by atoms with Gasteiger partial charge in [-0.15, -0.1) is 11.3 Å². The third-order valence-electron chi connectivity index (χ3n) is 5.86. The van der Waals surface area contributed by atoms with Gasteiger partial charge in [-0.2, -0.15) is 0 Å². The van der Waals surface area contributed by atoms with E-state index < -0.39 is 11.4 Å². The molecule has 0 amide bonds. The first kappa shape index (κ1) is 22.1. The lowest BCUT2D eigenvalue weighted by atomic mass is 9.91. The van der Waals surface area contributed by atoms with Crippen LogP contribution in [0.25, 0.3) is 16.2 Å². The van der Waals surface area contributed by atoms with Gasteiger partial charge in [0, 0.05) is 37.3 Å². The van der Waals surface area contributed by atoms with E-state index in [-0.39, 0.29) is 16.9 Å². The number of carboxylic acids is 1. The molecule has 168 valence electrons. The van der Waals surface area contributed by atoms with E-state index in [2.05, 4.69) is 18.8 Å². The van der Waals surface area contributed by atoms with Crippen molar-refractivity contribution in [3.8, 4) is 5.13 Å². The molecule has 0 spiro atoms. The highest BCUT2D eigenvalue weighted by Crippen LogP contribution is 2.29. The number of aromatic nitrogens is 3. The van der Waals surface area contributed by atoms with E-state index in [0.29, 0.717) is 53.4 Å². The Hall–Kier alpha value is -3.07. The molecule has 32 heavy (non-hydrogen) atoms. The molecule has 0 unspecified atom stereocenters. The monoisotopic (exact) mass is 454 g/mol. The second kappa shape index (κ2) is 8.82. The Morgan fingerprint density at radius 2 is 2.06 bits per heavy atom. The van der Waals surface area contributed by atoms with Gasteiger partial charge in [0.2, 0.25) is 5.43 Å². The summed E-state index contributed by atoms with van der Waals surface area (Å²) < 4.78 is 1.57. The molecule has 0 aliphatic carbocycles. The van der Waals surface area contributed by atoms with Crippen LogP contribution in [0.4, 0.5) is 5.82 Å². The van der Waals surface area contributed by atoms with E-state index in [9.17, 15) is 19.5 Å². The van der Waals surface area contributed by atoms with Gasteiger partial charge in [-0.25, -0.2) is 14.8 Å². The molecular formula is C23H26N4O4S. The highest BCUT2D eigenvalue weighted by atomic mass is 32.1. The average molecular weight is 455 g/mol. The van der Waals surface area contributed by atoms with Crippen LogP contribution in [0.5, 0.6) is 0 Å². The SMILES string of the molecule is Cc1cc(N2CC(C(=O)CCCC(C)C)C2)nc2c1c(=O)c(C(=O)O)cn2-c1nccs1. The summed E-state index contributed by atoms with van der Waals surface area (Å²) in [5.41, 5.74) is 0.145. The molecule has 8 nitrogen and oxygen atoms in total. The Kier molecular flexibility index (Phi) is 6.10. The molecule has 1 aliphatic heterocycles. The van der Waals surface area contributed by atoms with Crippen molar-refractivity contribution in [2.45, 2.75) is 40.0 Å². The van der Waals surface area contributed by atoms with Gasteiger partial charge in [0.1, 0.15) is 17.2 Å². The van der Waals surface area contributed by atoms with E-state index in [1.807, 2.05) is 4.90 Å². The number of pyridine rings is 2. The third-order valence-corrected chi connectivity index (χ3v) is 6.63. The van der Waals surface area contributed by atoms with Gasteiger partial charge in [-0.3, -0.25) is 14.2 Å². The minimum atomic E-state index is -1.28. The number of carboxylic acid groups (broad SMARTS) is 1. The lowest BCUT2D eigenvalue weighted by Gasteiger charge is -2.39. The van der Waals surface area contributed by atoms with Crippen LogP contribution in [0.1, 0.15) is 49.0 Å². The minimum Gasteiger partial charge on any atom is -0.477 e. The summed E-state index contributed by atoms with van der Waals surface area (Å²) in [6, 6.07) is 1.79. The standard InChI is InChI=1S/C23H26N4O4S/c1-13(2)5-4-6-17(28)15-10-26(11-15)18-9-14(3)19-20(29)16(22(30)31)12-27(21(19)25-18)23-24-7-8-32-23/h7-9,12-13,15H,4-6,10-11H2,1-3H3,(H,30,31). The van der Waals surface area contributed by atoms with Crippen molar-refractivity contribution < 1.29 is 14.7 Å². The number of hydrogen-bond donors (Lipinski definition) is 1. The molecule has 3 aromatic rings. The van der Waals surface area contributed by atoms with Crippen LogP contribution in [-0.4, -0.2) is 44.5 Å². The van der Waals surface area contributed by atoms with E-state index in [0.717, 1.165) is 12.8 Å². The highest BCUT2D eigenvalue weighted by molar-refractivity contribution is 7.12. The molecule has 0 atom stereocenters. The van der Waals surface area contributed by atoms with Crippen molar-refractivity contribution in [3.63, 3.8) is 0 Å². The van der Waals surface area contributed by atoms with Crippen molar-refractivity contribution >= 4 is 39.9 Å². The summed E-state index contributed by atoms with van der Waals surface area (Å²) in [5.74, 6) is 0.296. The molecule has 0 saturated carbocycles. The van der Waals surface area contributed by atoms with Gasteiger partial charge in [-0.1, -0.05) is 20.3 Å². The minimum absolute atomic E-state index is 0.00973. The number of nitrogens with zero attached hydrogens (tertiary/aromatic N) is 4. The molecular weight excluding hydrogens is 428 g/mol. The van der Waals surface area contributed by atoms with Crippen molar-refractivity contribution in [2.24, 2.45) is 11.8 Å². The van der Waals surface area contributed by atoms with Gasteiger partial charge in [-0.05, 0) is 30.9 Å². The maximum Gasteiger partial charge on any atom is 0.341 e. The lowest BCUT2D eigenvalue weighted by Crippen LogP contribution is -2.50. The van der Waals surface area contributed by atoms with Crippen LogP contribution in [0.15, 0.2) is 28.6 Å². The molecule has 4 heterocycles.